The van der Waals surface area contributed by atoms with Crippen LogP contribution in [0.15, 0.2) is 6.20 Å². The first-order valence-electron chi connectivity index (χ1n) is 8.06. The number of nitrogens with zero attached hydrogens (tertiary/aromatic N) is 2. The number of aromatic nitrogens is 2. The molecule has 1 spiro atoms. The van der Waals surface area contributed by atoms with Crippen LogP contribution in [0.2, 0.25) is 0 Å². The van der Waals surface area contributed by atoms with Gasteiger partial charge in [0.15, 0.2) is 0 Å². The number of ether oxygens (including phenoxy) is 2. The molecule has 1 saturated carbocycles. The van der Waals surface area contributed by atoms with E-state index < -0.39 is 0 Å². The van der Waals surface area contributed by atoms with Gasteiger partial charge in [0.2, 0.25) is 0 Å². The summed E-state index contributed by atoms with van der Waals surface area (Å²) in [4.78, 5) is 14.5. The molecule has 6 heteroatoms. The summed E-state index contributed by atoms with van der Waals surface area (Å²) in [7, 11) is 1.70. The number of piperidine rings is 1. The van der Waals surface area contributed by atoms with Crippen molar-refractivity contribution in [3.05, 3.63) is 17.5 Å². The maximum atomic E-state index is 12.5. The van der Waals surface area contributed by atoms with E-state index in [4.69, 9.17) is 9.47 Å². The van der Waals surface area contributed by atoms with Crippen LogP contribution in [0.25, 0.3) is 0 Å². The Bertz CT molecular complexity index is 520. The van der Waals surface area contributed by atoms with Crippen molar-refractivity contribution in [1.82, 2.24) is 15.1 Å². The number of carbonyl (C=O) groups is 1. The van der Waals surface area contributed by atoms with Crippen molar-refractivity contribution in [1.29, 1.82) is 0 Å². The fourth-order valence-electron chi connectivity index (χ4n) is 3.67. The van der Waals surface area contributed by atoms with E-state index in [1.807, 2.05) is 11.8 Å². The summed E-state index contributed by atoms with van der Waals surface area (Å²) in [6.07, 6.45) is 6.40. The van der Waals surface area contributed by atoms with Gasteiger partial charge >= 0.3 is 0 Å². The molecule has 2 fully saturated rings. The quantitative estimate of drug-likeness (QED) is 0.842. The first-order chi connectivity index (χ1) is 10.7. The number of aryl methyl sites for hydroxylation is 1. The first kappa shape index (κ1) is 15.5. The molecule has 122 valence electrons. The highest BCUT2D eigenvalue weighted by atomic mass is 16.5. The van der Waals surface area contributed by atoms with Gasteiger partial charge in [0.05, 0.1) is 31.1 Å². The Balaban J connectivity index is 1.54. The van der Waals surface area contributed by atoms with Gasteiger partial charge in [-0.1, -0.05) is 0 Å². The van der Waals surface area contributed by atoms with Gasteiger partial charge in [-0.05, 0) is 32.6 Å². The van der Waals surface area contributed by atoms with Crippen molar-refractivity contribution in [3.8, 4) is 0 Å². The average Bonchev–Trinajstić information content (AvgIpc) is 2.96. The van der Waals surface area contributed by atoms with Crippen LogP contribution in [-0.4, -0.2) is 60.5 Å². The molecule has 2 heterocycles. The van der Waals surface area contributed by atoms with Crippen molar-refractivity contribution in [2.75, 3.05) is 33.4 Å². The van der Waals surface area contributed by atoms with E-state index in [0.29, 0.717) is 24.9 Å². The van der Waals surface area contributed by atoms with E-state index in [-0.39, 0.29) is 11.3 Å². The molecular formula is C16H25N3O3. The molecule has 0 radical (unpaired) electrons. The van der Waals surface area contributed by atoms with Gasteiger partial charge in [-0.2, -0.15) is 5.10 Å². The van der Waals surface area contributed by atoms with Crippen LogP contribution < -0.4 is 0 Å². The SMILES string of the molecule is COCCOC1CCC12CCN(C(=O)c1cn[nH]c1C)CC2. The normalized spacial score (nSPS) is 23.5. The number of nitrogens with one attached hydrogen (secondary N) is 1. The van der Waals surface area contributed by atoms with Crippen LogP contribution in [0.1, 0.15) is 41.7 Å². The Hall–Kier alpha value is -1.40. The molecule has 1 N–H and O–H groups in total. The average molecular weight is 307 g/mol. The molecule has 1 aromatic heterocycles. The molecule has 3 rings (SSSR count). The van der Waals surface area contributed by atoms with E-state index in [2.05, 4.69) is 10.2 Å². The number of methoxy groups -OCH3 is 1. The maximum absolute atomic E-state index is 12.5. The van der Waals surface area contributed by atoms with Gasteiger partial charge in [0, 0.05) is 31.3 Å². The molecule has 2 aliphatic rings. The highest BCUT2D eigenvalue weighted by molar-refractivity contribution is 5.95. The number of likely N-dealkylation sites (tertiary alicyclic amines) is 1. The topological polar surface area (TPSA) is 67.5 Å². The third-order valence-electron chi connectivity index (χ3n) is 5.30. The molecule has 1 aromatic rings. The van der Waals surface area contributed by atoms with Crippen molar-refractivity contribution in [2.24, 2.45) is 5.41 Å². The monoisotopic (exact) mass is 307 g/mol. The lowest BCUT2D eigenvalue weighted by Crippen LogP contribution is -2.54. The van der Waals surface area contributed by atoms with E-state index in [0.717, 1.165) is 38.0 Å². The van der Waals surface area contributed by atoms with Crippen LogP contribution in [0.3, 0.4) is 0 Å². The van der Waals surface area contributed by atoms with Gasteiger partial charge in [-0.25, -0.2) is 0 Å². The standard InChI is InChI=1S/C16H25N3O3/c1-12-13(11-17-18-12)15(20)19-7-5-16(6-8-19)4-3-14(16)22-10-9-21-2/h11,14H,3-10H2,1-2H3,(H,17,18). The summed E-state index contributed by atoms with van der Waals surface area (Å²) < 4.78 is 11.0. The molecular weight excluding hydrogens is 282 g/mol. The minimum Gasteiger partial charge on any atom is -0.382 e. The molecule has 22 heavy (non-hydrogen) atoms. The second-order valence-corrected chi connectivity index (χ2v) is 6.45. The summed E-state index contributed by atoms with van der Waals surface area (Å²) >= 11 is 0. The number of hydrogen-bond acceptors (Lipinski definition) is 4. The Morgan fingerprint density at radius 1 is 1.41 bits per heavy atom. The van der Waals surface area contributed by atoms with Crippen LogP contribution in [0.4, 0.5) is 0 Å². The Labute approximate surface area is 131 Å². The van der Waals surface area contributed by atoms with Crippen molar-refractivity contribution in [3.63, 3.8) is 0 Å². The second-order valence-electron chi connectivity index (χ2n) is 6.45. The van der Waals surface area contributed by atoms with Crippen LogP contribution in [0, 0.1) is 12.3 Å². The third kappa shape index (κ3) is 2.77. The predicted octanol–water partition coefficient (Wildman–Crippen LogP) is 1.77. The number of rotatable bonds is 5. The Morgan fingerprint density at radius 2 is 2.18 bits per heavy atom. The molecule has 0 bridgehead atoms. The first-order valence-corrected chi connectivity index (χ1v) is 8.06. The van der Waals surface area contributed by atoms with Crippen LogP contribution in [0.5, 0.6) is 0 Å². The highest BCUT2D eigenvalue weighted by Crippen LogP contribution is 2.50. The minimum absolute atomic E-state index is 0.0947. The van der Waals surface area contributed by atoms with Crippen molar-refractivity contribution in [2.45, 2.75) is 38.7 Å². The molecule has 1 unspecified atom stereocenters. The smallest absolute Gasteiger partial charge is 0.257 e. The van der Waals surface area contributed by atoms with Gasteiger partial charge in [0.25, 0.3) is 5.91 Å². The molecule has 0 aromatic carbocycles. The fourth-order valence-corrected chi connectivity index (χ4v) is 3.67. The van der Waals surface area contributed by atoms with E-state index in [1.165, 1.54) is 6.42 Å². The Kier molecular flexibility index (Phi) is 4.49. The van der Waals surface area contributed by atoms with Crippen LogP contribution in [-0.2, 0) is 9.47 Å². The third-order valence-corrected chi connectivity index (χ3v) is 5.30. The molecule has 1 aliphatic heterocycles. The lowest BCUT2D eigenvalue weighted by molar-refractivity contribution is -0.139. The summed E-state index contributed by atoms with van der Waals surface area (Å²) in [6, 6.07) is 0. The lowest BCUT2D eigenvalue weighted by atomic mass is 9.60. The molecule has 1 saturated heterocycles. The Morgan fingerprint density at radius 3 is 2.73 bits per heavy atom. The van der Waals surface area contributed by atoms with Crippen molar-refractivity contribution < 1.29 is 14.3 Å². The second kappa shape index (κ2) is 6.38. The molecule has 6 nitrogen and oxygen atoms in total. The number of amides is 1. The van der Waals surface area contributed by atoms with Gasteiger partial charge in [0.1, 0.15) is 0 Å². The maximum Gasteiger partial charge on any atom is 0.257 e. The summed E-state index contributed by atoms with van der Waals surface area (Å²) in [5.41, 5.74) is 1.82. The number of aromatic amines is 1. The van der Waals surface area contributed by atoms with E-state index in [1.54, 1.807) is 13.3 Å². The summed E-state index contributed by atoms with van der Waals surface area (Å²) in [5.74, 6) is 0.0947. The minimum atomic E-state index is 0.0947. The zero-order valence-corrected chi connectivity index (χ0v) is 13.4. The highest BCUT2D eigenvalue weighted by Gasteiger charge is 2.49. The summed E-state index contributed by atoms with van der Waals surface area (Å²) in [5, 5.41) is 6.78. The summed E-state index contributed by atoms with van der Waals surface area (Å²) in [6.45, 7) is 4.83. The zero-order chi connectivity index (χ0) is 15.6. The molecule has 1 atom stereocenters. The van der Waals surface area contributed by atoms with Gasteiger partial charge < -0.3 is 14.4 Å². The van der Waals surface area contributed by atoms with E-state index >= 15 is 0 Å². The molecule has 1 aliphatic carbocycles. The van der Waals surface area contributed by atoms with Crippen molar-refractivity contribution >= 4 is 5.91 Å². The van der Waals surface area contributed by atoms with E-state index in [9.17, 15) is 4.79 Å². The predicted molar refractivity (Wildman–Crippen MR) is 81.7 cm³/mol. The molecule has 1 amide bonds. The number of carbonyl (C=O) groups excluding carboxylic acids is 1. The van der Waals surface area contributed by atoms with Gasteiger partial charge in [-0.3, -0.25) is 9.89 Å². The number of hydrogen-bond donors (Lipinski definition) is 1. The lowest BCUT2D eigenvalue weighted by Gasteiger charge is -2.53. The number of H-pyrrole nitrogens is 1. The largest absolute Gasteiger partial charge is 0.382 e. The zero-order valence-electron chi connectivity index (χ0n) is 13.4. The van der Waals surface area contributed by atoms with Crippen LogP contribution >= 0.6 is 0 Å². The fraction of sp³-hybridized carbons (Fsp3) is 0.750. The van der Waals surface area contributed by atoms with Gasteiger partial charge in [-0.15, -0.1) is 0 Å².